The van der Waals surface area contributed by atoms with Gasteiger partial charge in [0.1, 0.15) is 5.75 Å². The van der Waals surface area contributed by atoms with Gasteiger partial charge in [0, 0.05) is 12.6 Å². The van der Waals surface area contributed by atoms with E-state index in [4.69, 9.17) is 0 Å². The highest BCUT2D eigenvalue weighted by Crippen LogP contribution is 2.11. The molecule has 0 aliphatic heterocycles. The number of aromatic hydroxyl groups is 1. The maximum absolute atomic E-state index is 9.53. The van der Waals surface area contributed by atoms with Gasteiger partial charge in [0.25, 0.3) is 0 Å². The van der Waals surface area contributed by atoms with Crippen molar-refractivity contribution in [2.24, 2.45) is 4.99 Å². The van der Waals surface area contributed by atoms with E-state index in [0.717, 1.165) is 44.1 Å². The van der Waals surface area contributed by atoms with Gasteiger partial charge in [-0.2, -0.15) is 0 Å². The molecule has 0 radical (unpaired) electrons. The Morgan fingerprint density at radius 1 is 1.24 bits per heavy atom. The Labute approximate surface area is 170 Å². The summed E-state index contributed by atoms with van der Waals surface area (Å²) in [5, 5.41) is 16.3. The highest BCUT2D eigenvalue weighted by molar-refractivity contribution is 14.0. The molecule has 5 nitrogen and oxygen atoms in total. The molecule has 0 spiro atoms. The molecular weight excluding hydrogens is 427 g/mol. The molecule has 0 fully saturated rings. The fourth-order valence-electron chi connectivity index (χ4n) is 2.61. The molecule has 0 aliphatic carbocycles. The van der Waals surface area contributed by atoms with Crippen LogP contribution in [0.5, 0.6) is 5.75 Å². The number of nitrogens with zero attached hydrogens (tertiary/aromatic N) is 2. The van der Waals surface area contributed by atoms with Crippen molar-refractivity contribution in [2.45, 2.75) is 53.1 Å². The zero-order valence-corrected chi connectivity index (χ0v) is 18.4. The fourth-order valence-corrected chi connectivity index (χ4v) is 2.61. The van der Waals surface area contributed by atoms with Crippen LogP contribution >= 0.6 is 24.0 Å². The summed E-state index contributed by atoms with van der Waals surface area (Å²) in [5.74, 6) is 1.11. The zero-order valence-electron chi connectivity index (χ0n) is 16.1. The molecule has 0 aliphatic rings. The Morgan fingerprint density at radius 3 is 2.56 bits per heavy atom. The Hall–Kier alpha value is -1.02. The Kier molecular flexibility index (Phi) is 13.6. The van der Waals surface area contributed by atoms with Crippen molar-refractivity contribution in [3.05, 3.63) is 29.8 Å². The minimum atomic E-state index is 0. The van der Waals surface area contributed by atoms with Gasteiger partial charge in [0.2, 0.25) is 0 Å². The third-order valence-corrected chi connectivity index (χ3v) is 4.06. The van der Waals surface area contributed by atoms with Gasteiger partial charge >= 0.3 is 0 Å². The lowest BCUT2D eigenvalue weighted by molar-refractivity contribution is 0.292. The van der Waals surface area contributed by atoms with E-state index in [1.165, 1.54) is 6.42 Å². The predicted molar refractivity (Wildman–Crippen MR) is 118 cm³/mol. The van der Waals surface area contributed by atoms with Gasteiger partial charge in [-0.1, -0.05) is 26.0 Å². The zero-order chi connectivity index (χ0) is 17.8. The Bertz CT molecular complexity index is 492. The van der Waals surface area contributed by atoms with Crippen LogP contribution in [0.3, 0.4) is 0 Å². The fraction of sp³-hybridized carbons (Fsp3) is 0.632. The maximum atomic E-state index is 9.53. The lowest BCUT2D eigenvalue weighted by Gasteiger charge is -2.21. The van der Waals surface area contributed by atoms with Crippen LogP contribution in [0.4, 0.5) is 0 Å². The lowest BCUT2D eigenvalue weighted by Crippen LogP contribution is -2.42. The molecule has 0 amide bonds. The van der Waals surface area contributed by atoms with E-state index in [2.05, 4.69) is 48.2 Å². The minimum Gasteiger partial charge on any atom is -0.508 e. The van der Waals surface area contributed by atoms with Gasteiger partial charge < -0.3 is 20.6 Å². The van der Waals surface area contributed by atoms with E-state index in [1.807, 2.05) is 12.1 Å². The summed E-state index contributed by atoms with van der Waals surface area (Å²) >= 11 is 0. The summed E-state index contributed by atoms with van der Waals surface area (Å²) in [6, 6.07) is 7.62. The van der Waals surface area contributed by atoms with Crippen molar-refractivity contribution in [3.8, 4) is 5.75 Å². The van der Waals surface area contributed by atoms with Crippen LogP contribution < -0.4 is 10.6 Å². The highest BCUT2D eigenvalue weighted by atomic mass is 127. The van der Waals surface area contributed by atoms with Gasteiger partial charge in [0.15, 0.2) is 5.96 Å². The number of rotatable bonds is 10. The summed E-state index contributed by atoms with van der Waals surface area (Å²) in [6.45, 7) is 13.5. The van der Waals surface area contributed by atoms with E-state index in [-0.39, 0.29) is 29.7 Å². The van der Waals surface area contributed by atoms with Crippen LogP contribution in [-0.2, 0) is 6.54 Å². The summed E-state index contributed by atoms with van der Waals surface area (Å²) in [4.78, 5) is 7.07. The van der Waals surface area contributed by atoms with Gasteiger partial charge in [-0.05, 0) is 64.0 Å². The number of aliphatic imine (C=N–C) groups is 1. The molecule has 25 heavy (non-hydrogen) atoms. The van der Waals surface area contributed by atoms with Crippen LogP contribution in [0.25, 0.3) is 0 Å². The first-order chi connectivity index (χ1) is 11.6. The van der Waals surface area contributed by atoms with Gasteiger partial charge in [0.05, 0.1) is 6.54 Å². The summed E-state index contributed by atoms with van der Waals surface area (Å²) in [5.41, 5.74) is 1.00. The van der Waals surface area contributed by atoms with E-state index >= 15 is 0 Å². The quantitative estimate of drug-likeness (QED) is 0.283. The van der Waals surface area contributed by atoms with Gasteiger partial charge in [-0.3, -0.25) is 0 Å². The predicted octanol–water partition coefficient (Wildman–Crippen LogP) is 3.58. The van der Waals surface area contributed by atoms with E-state index in [1.54, 1.807) is 12.1 Å². The van der Waals surface area contributed by atoms with Crippen LogP contribution in [-0.4, -0.2) is 48.2 Å². The average molecular weight is 462 g/mol. The molecule has 1 aromatic rings. The molecular formula is C19H35IN4O. The largest absolute Gasteiger partial charge is 0.508 e. The monoisotopic (exact) mass is 462 g/mol. The van der Waals surface area contributed by atoms with Crippen molar-refractivity contribution in [2.75, 3.05) is 26.2 Å². The van der Waals surface area contributed by atoms with Crippen LogP contribution in [0.1, 0.15) is 46.1 Å². The molecule has 1 unspecified atom stereocenters. The number of guanidine groups is 1. The summed E-state index contributed by atoms with van der Waals surface area (Å²) in [6.07, 6.45) is 2.30. The second kappa shape index (κ2) is 14.2. The smallest absolute Gasteiger partial charge is 0.191 e. The van der Waals surface area contributed by atoms with E-state index in [0.29, 0.717) is 12.6 Å². The third-order valence-electron chi connectivity index (χ3n) is 4.06. The molecule has 0 saturated carbocycles. The number of hydrogen-bond donors (Lipinski definition) is 3. The Balaban J connectivity index is 0.00000576. The molecule has 1 aromatic carbocycles. The molecule has 6 heteroatoms. The van der Waals surface area contributed by atoms with Gasteiger partial charge in [-0.15, -0.1) is 24.0 Å². The highest BCUT2D eigenvalue weighted by Gasteiger charge is 2.06. The van der Waals surface area contributed by atoms with Crippen LogP contribution in [0.15, 0.2) is 29.3 Å². The van der Waals surface area contributed by atoms with Crippen LogP contribution in [0.2, 0.25) is 0 Å². The SMILES string of the molecule is CCNC(=NCc1cccc(O)c1)NC(C)CCCN(CC)CC.I. The average Bonchev–Trinajstić information content (AvgIpc) is 2.57. The molecule has 1 rings (SSSR count). The Morgan fingerprint density at radius 2 is 1.96 bits per heavy atom. The number of phenols is 1. The second-order valence-electron chi connectivity index (χ2n) is 6.08. The normalized spacial score (nSPS) is 12.6. The lowest BCUT2D eigenvalue weighted by atomic mass is 10.2. The van der Waals surface area contributed by atoms with Crippen molar-refractivity contribution in [1.29, 1.82) is 0 Å². The van der Waals surface area contributed by atoms with E-state index in [9.17, 15) is 5.11 Å². The molecule has 3 N–H and O–H groups in total. The number of halogens is 1. The molecule has 144 valence electrons. The maximum Gasteiger partial charge on any atom is 0.191 e. The number of phenolic OH excluding ortho intramolecular Hbond substituents is 1. The standard InChI is InChI=1S/C19H34N4O.HI/c1-5-20-19(21-15-17-11-8-12-18(24)14-17)22-16(4)10-9-13-23(6-2)7-3;/h8,11-12,14,16,24H,5-7,9-10,13,15H2,1-4H3,(H2,20,21,22);1H. The number of hydrogen-bond acceptors (Lipinski definition) is 3. The van der Waals surface area contributed by atoms with Crippen molar-refractivity contribution < 1.29 is 5.11 Å². The molecule has 0 bridgehead atoms. The third kappa shape index (κ3) is 10.5. The van der Waals surface area contributed by atoms with Crippen molar-refractivity contribution >= 4 is 29.9 Å². The van der Waals surface area contributed by atoms with E-state index < -0.39 is 0 Å². The first kappa shape index (κ1) is 24.0. The van der Waals surface area contributed by atoms with Gasteiger partial charge in [-0.25, -0.2) is 4.99 Å². The van der Waals surface area contributed by atoms with Crippen LogP contribution in [0, 0.1) is 0 Å². The second-order valence-corrected chi connectivity index (χ2v) is 6.08. The molecule has 1 atom stereocenters. The number of nitrogens with one attached hydrogen (secondary N) is 2. The topological polar surface area (TPSA) is 59.9 Å². The van der Waals surface area contributed by atoms with Crippen molar-refractivity contribution in [1.82, 2.24) is 15.5 Å². The summed E-state index contributed by atoms with van der Waals surface area (Å²) < 4.78 is 0. The first-order valence-corrected chi connectivity index (χ1v) is 9.14. The molecule has 0 heterocycles. The number of benzene rings is 1. The molecule has 0 saturated heterocycles. The van der Waals surface area contributed by atoms with Crippen molar-refractivity contribution in [3.63, 3.8) is 0 Å². The first-order valence-electron chi connectivity index (χ1n) is 9.14. The minimum absolute atomic E-state index is 0. The summed E-state index contributed by atoms with van der Waals surface area (Å²) in [7, 11) is 0. The molecule has 0 aromatic heterocycles.